The standard InChI is InChI=1S/C13H19F3N4/c1-8-6-9(4-5-17-8)12-19-18-11-3-2-10(7-20(11)12)13(14,15)16/h8-10,17H,2-7H2,1H3. The summed E-state index contributed by atoms with van der Waals surface area (Å²) >= 11 is 0. The lowest BCUT2D eigenvalue weighted by Gasteiger charge is -2.30. The molecule has 2 aliphatic rings. The number of nitrogens with one attached hydrogen (secondary N) is 1. The van der Waals surface area contributed by atoms with Gasteiger partial charge in [-0.2, -0.15) is 13.2 Å². The lowest BCUT2D eigenvalue weighted by Crippen LogP contribution is -2.37. The summed E-state index contributed by atoms with van der Waals surface area (Å²) in [5, 5.41) is 11.6. The van der Waals surface area contributed by atoms with Crippen LogP contribution in [-0.4, -0.2) is 33.5 Å². The molecule has 3 atom stereocenters. The third-order valence-electron chi connectivity index (χ3n) is 4.43. The Morgan fingerprint density at radius 2 is 2.05 bits per heavy atom. The van der Waals surface area contributed by atoms with Crippen LogP contribution in [0.4, 0.5) is 13.2 Å². The Balaban J connectivity index is 1.83. The average molecular weight is 288 g/mol. The molecule has 0 amide bonds. The van der Waals surface area contributed by atoms with Crippen molar-refractivity contribution < 1.29 is 13.2 Å². The molecular formula is C13H19F3N4. The van der Waals surface area contributed by atoms with E-state index in [0.717, 1.165) is 25.2 Å². The number of hydrogen-bond acceptors (Lipinski definition) is 3. The zero-order chi connectivity index (χ0) is 14.3. The van der Waals surface area contributed by atoms with Crippen molar-refractivity contribution in [1.29, 1.82) is 0 Å². The van der Waals surface area contributed by atoms with E-state index in [1.807, 2.05) is 0 Å². The molecule has 1 saturated heterocycles. The van der Waals surface area contributed by atoms with E-state index in [9.17, 15) is 13.2 Å². The summed E-state index contributed by atoms with van der Waals surface area (Å²) in [6, 6.07) is 0.378. The first-order valence-corrected chi connectivity index (χ1v) is 7.17. The molecule has 20 heavy (non-hydrogen) atoms. The Bertz CT molecular complexity index is 482. The number of aromatic nitrogens is 3. The maximum Gasteiger partial charge on any atom is 0.393 e. The lowest BCUT2D eigenvalue weighted by molar-refractivity contribution is -0.182. The van der Waals surface area contributed by atoms with E-state index in [-0.39, 0.29) is 18.9 Å². The highest BCUT2D eigenvalue weighted by molar-refractivity contribution is 5.07. The number of aryl methyl sites for hydroxylation is 1. The Morgan fingerprint density at radius 3 is 2.75 bits per heavy atom. The van der Waals surface area contributed by atoms with Crippen LogP contribution in [0.15, 0.2) is 0 Å². The highest BCUT2D eigenvalue weighted by atomic mass is 19.4. The van der Waals surface area contributed by atoms with E-state index in [2.05, 4.69) is 22.4 Å². The van der Waals surface area contributed by atoms with Crippen molar-refractivity contribution in [3.8, 4) is 0 Å². The van der Waals surface area contributed by atoms with Crippen molar-refractivity contribution in [1.82, 2.24) is 20.1 Å². The third kappa shape index (κ3) is 2.55. The molecule has 7 heteroatoms. The molecule has 1 N–H and O–H groups in total. The van der Waals surface area contributed by atoms with E-state index in [0.29, 0.717) is 18.3 Å². The first-order chi connectivity index (χ1) is 9.45. The number of nitrogens with zero attached hydrogens (tertiary/aromatic N) is 3. The van der Waals surface area contributed by atoms with Crippen molar-refractivity contribution in [3.05, 3.63) is 11.6 Å². The van der Waals surface area contributed by atoms with Gasteiger partial charge in [-0.3, -0.25) is 0 Å². The zero-order valence-electron chi connectivity index (χ0n) is 11.5. The normalized spacial score (nSPS) is 31.1. The fraction of sp³-hybridized carbons (Fsp3) is 0.846. The van der Waals surface area contributed by atoms with Gasteiger partial charge in [0.2, 0.25) is 0 Å². The summed E-state index contributed by atoms with van der Waals surface area (Å²) in [6.45, 7) is 2.97. The number of hydrogen-bond donors (Lipinski definition) is 1. The second-order valence-electron chi connectivity index (χ2n) is 5.94. The van der Waals surface area contributed by atoms with Gasteiger partial charge in [-0.1, -0.05) is 0 Å². The molecule has 0 radical (unpaired) electrons. The fourth-order valence-corrected chi connectivity index (χ4v) is 3.28. The third-order valence-corrected chi connectivity index (χ3v) is 4.43. The van der Waals surface area contributed by atoms with Crippen molar-refractivity contribution in [2.24, 2.45) is 5.92 Å². The van der Waals surface area contributed by atoms with Crippen LogP contribution in [0.2, 0.25) is 0 Å². The highest BCUT2D eigenvalue weighted by Gasteiger charge is 2.42. The van der Waals surface area contributed by atoms with Gasteiger partial charge in [-0.25, -0.2) is 0 Å². The van der Waals surface area contributed by atoms with Gasteiger partial charge in [-0.15, -0.1) is 10.2 Å². The zero-order valence-corrected chi connectivity index (χ0v) is 11.5. The van der Waals surface area contributed by atoms with Gasteiger partial charge >= 0.3 is 6.18 Å². The molecule has 4 nitrogen and oxygen atoms in total. The van der Waals surface area contributed by atoms with Crippen LogP contribution in [0, 0.1) is 5.92 Å². The molecule has 3 rings (SSSR count). The van der Waals surface area contributed by atoms with Crippen molar-refractivity contribution in [2.45, 2.75) is 57.3 Å². The average Bonchev–Trinajstić information content (AvgIpc) is 2.80. The summed E-state index contributed by atoms with van der Waals surface area (Å²) < 4.78 is 40.5. The summed E-state index contributed by atoms with van der Waals surface area (Å²) in [6.07, 6.45) is -1.80. The monoisotopic (exact) mass is 288 g/mol. The van der Waals surface area contributed by atoms with Gasteiger partial charge in [0.15, 0.2) is 0 Å². The predicted molar refractivity (Wildman–Crippen MR) is 67.3 cm³/mol. The summed E-state index contributed by atoms with van der Waals surface area (Å²) in [5.74, 6) is 0.428. The van der Waals surface area contributed by atoms with Crippen LogP contribution >= 0.6 is 0 Å². The molecule has 0 saturated carbocycles. The molecule has 3 unspecified atom stereocenters. The first-order valence-electron chi connectivity index (χ1n) is 7.17. The summed E-state index contributed by atoms with van der Waals surface area (Å²) in [5.41, 5.74) is 0. The predicted octanol–water partition coefficient (Wildman–Crippen LogP) is 2.26. The molecule has 1 aromatic heterocycles. The van der Waals surface area contributed by atoms with Crippen molar-refractivity contribution in [2.75, 3.05) is 6.54 Å². The van der Waals surface area contributed by atoms with Gasteiger partial charge in [0.25, 0.3) is 0 Å². The summed E-state index contributed by atoms with van der Waals surface area (Å²) in [7, 11) is 0. The van der Waals surface area contributed by atoms with Crippen LogP contribution in [-0.2, 0) is 13.0 Å². The minimum Gasteiger partial charge on any atom is -0.314 e. The maximum atomic E-state index is 12.9. The SMILES string of the molecule is CC1CC(c2nnc3n2CC(C(F)(F)F)CC3)CCN1. The maximum absolute atomic E-state index is 12.9. The number of alkyl halides is 3. The van der Waals surface area contributed by atoms with E-state index < -0.39 is 12.1 Å². The molecule has 0 spiro atoms. The summed E-state index contributed by atoms with van der Waals surface area (Å²) in [4.78, 5) is 0. The Morgan fingerprint density at radius 1 is 1.25 bits per heavy atom. The molecular weight excluding hydrogens is 269 g/mol. The van der Waals surface area contributed by atoms with Crippen LogP contribution in [0.25, 0.3) is 0 Å². The van der Waals surface area contributed by atoms with Gasteiger partial charge in [0.1, 0.15) is 11.6 Å². The fourth-order valence-electron chi connectivity index (χ4n) is 3.28. The van der Waals surface area contributed by atoms with Crippen LogP contribution in [0.1, 0.15) is 43.8 Å². The smallest absolute Gasteiger partial charge is 0.314 e. The number of rotatable bonds is 1. The van der Waals surface area contributed by atoms with Crippen LogP contribution < -0.4 is 5.32 Å². The molecule has 0 aliphatic carbocycles. The Labute approximate surface area is 115 Å². The van der Waals surface area contributed by atoms with Crippen molar-refractivity contribution in [3.63, 3.8) is 0 Å². The van der Waals surface area contributed by atoms with Crippen LogP contribution in [0.3, 0.4) is 0 Å². The Kier molecular flexibility index (Phi) is 3.48. The molecule has 0 bridgehead atoms. The number of piperidine rings is 1. The van der Waals surface area contributed by atoms with Gasteiger partial charge in [-0.05, 0) is 32.7 Å². The first kappa shape index (κ1) is 13.9. The number of halogens is 3. The van der Waals surface area contributed by atoms with Gasteiger partial charge < -0.3 is 9.88 Å². The Hall–Kier alpha value is -1.11. The minimum atomic E-state index is -4.12. The van der Waals surface area contributed by atoms with Gasteiger partial charge in [0, 0.05) is 24.9 Å². The molecule has 112 valence electrons. The quantitative estimate of drug-likeness (QED) is 0.862. The highest BCUT2D eigenvalue weighted by Crippen LogP contribution is 2.36. The molecule has 1 aromatic rings. The molecule has 3 heterocycles. The molecule has 0 aromatic carbocycles. The largest absolute Gasteiger partial charge is 0.393 e. The van der Waals surface area contributed by atoms with E-state index in [1.165, 1.54) is 0 Å². The second-order valence-corrected chi connectivity index (χ2v) is 5.94. The topological polar surface area (TPSA) is 42.7 Å². The van der Waals surface area contributed by atoms with Crippen LogP contribution in [0.5, 0.6) is 0 Å². The van der Waals surface area contributed by atoms with Gasteiger partial charge in [0.05, 0.1) is 5.92 Å². The van der Waals surface area contributed by atoms with E-state index in [1.54, 1.807) is 4.57 Å². The molecule has 2 aliphatic heterocycles. The van der Waals surface area contributed by atoms with E-state index >= 15 is 0 Å². The second kappa shape index (κ2) is 5.02. The molecule has 1 fully saturated rings. The van der Waals surface area contributed by atoms with E-state index in [4.69, 9.17) is 0 Å². The number of fused-ring (bicyclic) bond motifs is 1. The van der Waals surface area contributed by atoms with Crippen molar-refractivity contribution >= 4 is 0 Å². The lowest BCUT2D eigenvalue weighted by atomic mass is 9.91. The minimum absolute atomic E-state index is 0.0144.